The Morgan fingerprint density at radius 2 is 2.00 bits per heavy atom. The molecule has 1 aliphatic rings. The van der Waals surface area contributed by atoms with Crippen molar-refractivity contribution in [2.45, 2.75) is 45.3 Å². The summed E-state index contributed by atoms with van der Waals surface area (Å²) in [6, 6.07) is 5.15. The van der Waals surface area contributed by atoms with Gasteiger partial charge in [0.1, 0.15) is 17.1 Å². The molecule has 0 saturated heterocycles. The first kappa shape index (κ1) is 12.7. The van der Waals surface area contributed by atoms with E-state index in [1.807, 2.05) is 20.8 Å². The summed E-state index contributed by atoms with van der Waals surface area (Å²) in [5, 5.41) is 0. The quantitative estimate of drug-likeness (QED) is 0.891. The Morgan fingerprint density at radius 1 is 1.33 bits per heavy atom. The molecule has 4 nitrogen and oxygen atoms in total. The van der Waals surface area contributed by atoms with Gasteiger partial charge in [0.2, 0.25) is 0 Å². The van der Waals surface area contributed by atoms with Gasteiger partial charge < -0.3 is 15.2 Å². The van der Waals surface area contributed by atoms with Gasteiger partial charge in [-0.3, -0.25) is 4.79 Å². The van der Waals surface area contributed by atoms with E-state index in [0.717, 1.165) is 18.6 Å². The molecular formula is C14H19NO3. The normalized spacial score (nSPS) is 15.3. The molecule has 2 N–H and O–H groups in total. The maximum Gasteiger partial charge on any atom is 0.252 e. The third-order valence-corrected chi connectivity index (χ3v) is 2.46. The van der Waals surface area contributed by atoms with Crippen molar-refractivity contribution >= 4 is 5.91 Å². The smallest absolute Gasteiger partial charge is 0.252 e. The summed E-state index contributed by atoms with van der Waals surface area (Å²) < 4.78 is 11.4. The van der Waals surface area contributed by atoms with Crippen LogP contribution in [0.25, 0.3) is 0 Å². The van der Waals surface area contributed by atoms with Crippen LogP contribution >= 0.6 is 0 Å². The first-order valence-corrected chi connectivity index (χ1v) is 6.15. The second-order valence-corrected chi connectivity index (χ2v) is 5.55. The molecule has 1 aliphatic carbocycles. The predicted molar refractivity (Wildman–Crippen MR) is 69.0 cm³/mol. The Hall–Kier alpha value is -1.71. The highest BCUT2D eigenvalue weighted by molar-refractivity contribution is 5.95. The number of benzene rings is 1. The van der Waals surface area contributed by atoms with Crippen molar-refractivity contribution < 1.29 is 14.3 Å². The van der Waals surface area contributed by atoms with Crippen LogP contribution < -0.4 is 15.2 Å². The van der Waals surface area contributed by atoms with Crippen molar-refractivity contribution in [3.8, 4) is 11.5 Å². The van der Waals surface area contributed by atoms with Crippen LogP contribution in [-0.2, 0) is 0 Å². The fraction of sp³-hybridized carbons (Fsp3) is 0.500. The van der Waals surface area contributed by atoms with Crippen molar-refractivity contribution in [3.05, 3.63) is 23.8 Å². The summed E-state index contributed by atoms with van der Waals surface area (Å²) in [6.45, 7) is 5.77. The van der Waals surface area contributed by atoms with Gasteiger partial charge in [0.05, 0.1) is 11.7 Å². The van der Waals surface area contributed by atoms with Crippen LogP contribution in [0.15, 0.2) is 18.2 Å². The largest absolute Gasteiger partial charge is 0.490 e. The molecule has 0 radical (unpaired) electrons. The van der Waals surface area contributed by atoms with Crippen molar-refractivity contribution in [1.82, 2.24) is 0 Å². The molecular weight excluding hydrogens is 230 g/mol. The molecule has 0 bridgehead atoms. The molecule has 0 aromatic heterocycles. The Labute approximate surface area is 107 Å². The van der Waals surface area contributed by atoms with Gasteiger partial charge in [0, 0.05) is 6.07 Å². The molecule has 4 heteroatoms. The zero-order valence-electron chi connectivity index (χ0n) is 11.0. The Bertz CT molecular complexity index is 459. The first-order valence-electron chi connectivity index (χ1n) is 6.15. The molecule has 0 unspecified atom stereocenters. The number of hydrogen-bond acceptors (Lipinski definition) is 3. The highest BCUT2D eigenvalue weighted by Gasteiger charge is 2.24. The summed E-state index contributed by atoms with van der Waals surface area (Å²) in [5.41, 5.74) is 5.33. The summed E-state index contributed by atoms with van der Waals surface area (Å²) in [4.78, 5) is 11.4. The number of primary amides is 1. The Morgan fingerprint density at radius 3 is 2.50 bits per heavy atom. The minimum atomic E-state index is -0.493. The van der Waals surface area contributed by atoms with Crippen LogP contribution in [0.1, 0.15) is 44.0 Å². The van der Waals surface area contributed by atoms with Gasteiger partial charge >= 0.3 is 0 Å². The fourth-order valence-corrected chi connectivity index (χ4v) is 1.57. The van der Waals surface area contributed by atoms with Gasteiger partial charge in [-0.25, -0.2) is 0 Å². The third-order valence-electron chi connectivity index (χ3n) is 2.46. The molecule has 1 aromatic rings. The molecule has 2 rings (SSSR count). The number of ether oxygens (including phenoxy) is 2. The van der Waals surface area contributed by atoms with Crippen molar-refractivity contribution in [2.75, 3.05) is 0 Å². The third kappa shape index (κ3) is 3.39. The number of carbonyl (C=O) groups excluding carboxylic acids is 1. The number of amides is 1. The number of rotatable bonds is 4. The second-order valence-electron chi connectivity index (χ2n) is 5.55. The van der Waals surface area contributed by atoms with Crippen LogP contribution in [0, 0.1) is 0 Å². The lowest BCUT2D eigenvalue weighted by atomic mass is 10.1. The first-order chi connectivity index (χ1) is 8.35. The summed E-state index contributed by atoms with van der Waals surface area (Å²) >= 11 is 0. The summed E-state index contributed by atoms with van der Waals surface area (Å²) in [7, 11) is 0. The van der Waals surface area contributed by atoms with Crippen LogP contribution in [-0.4, -0.2) is 17.6 Å². The number of nitrogens with two attached hydrogens (primary N) is 1. The van der Waals surface area contributed by atoms with Crippen LogP contribution in [0.5, 0.6) is 11.5 Å². The van der Waals surface area contributed by atoms with E-state index in [2.05, 4.69) is 0 Å². The highest BCUT2D eigenvalue weighted by atomic mass is 16.5. The topological polar surface area (TPSA) is 61.6 Å². The minimum absolute atomic E-state index is 0.312. The van der Waals surface area contributed by atoms with Gasteiger partial charge in [0.25, 0.3) is 5.91 Å². The van der Waals surface area contributed by atoms with Crippen LogP contribution in [0.2, 0.25) is 0 Å². The van der Waals surface area contributed by atoms with E-state index in [9.17, 15) is 4.79 Å². The highest BCUT2D eigenvalue weighted by Crippen LogP contribution is 2.32. The molecule has 1 saturated carbocycles. The maximum absolute atomic E-state index is 11.4. The fourth-order valence-electron chi connectivity index (χ4n) is 1.57. The molecule has 98 valence electrons. The monoisotopic (exact) mass is 249 g/mol. The Kier molecular flexibility index (Phi) is 3.20. The molecule has 18 heavy (non-hydrogen) atoms. The molecule has 1 amide bonds. The molecule has 1 fully saturated rings. The van der Waals surface area contributed by atoms with Crippen molar-refractivity contribution in [1.29, 1.82) is 0 Å². The predicted octanol–water partition coefficient (Wildman–Crippen LogP) is 2.50. The number of carbonyl (C=O) groups is 1. The van der Waals surface area contributed by atoms with E-state index in [-0.39, 0.29) is 5.60 Å². The standard InChI is InChI=1S/C14H19NO3/c1-14(2,3)18-12-8-10(17-9-4-5-9)6-7-11(12)13(15)16/h6-9H,4-5H2,1-3H3,(H2,15,16). The van der Waals surface area contributed by atoms with Crippen molar-refractivity contribution in [2.24, 2.45) is 5.73 Å². The summed E-state index contributed by atoms with van der Waals surface area (Å²) in [6.07, 6.45) is 2.49. The molecule has 0 heterocycles. The van der Waals surface area contributed by atoms with Gasteiger partial charge in [-0.15, -0.1) is 0 Å². The lowest BCUT2D eigenvalue weighted by molar-refractivity contribution is 0.0977. The lowest BCUT2D eigenvalue weighted by Gasteiger charge is -2.23. The van der Waals surface area contributed by atoms with E-state index in [1.165, 1.54) is 0 Å². The maximum atomic E-state index is 11.4. The van der Waals surface area contributed by atoms with Gasteiger partial charge in [0.15, 0.2) is 0 Å². The second kappa shape index (κ2) is 4.52. The molecule has 0 aliphatic heterocycles. The average molecular weight is 249 g/mol. The zero-order chi connectivity index (χ0) is 13.3. The minimum Gasteiger partial charge on any atom is -0.490 e. The average Bonchev–Trinajstić information content (AvgIpc) is 2.98. The number of hydrogen-bond donors (Lipinski definition) is 1. The lowest BCUT2D eigenvalue weighted by Crippen LogP contribution is -2.25. The molecule has 0 spiro atoms. The van der Waals surface area contributed by atoms with E-state index < -0.39 is 5.91 Å². The molecule has 0 atom stereocenters. The van der Waals surface area contributed by atoms with Gasteiger partial charge in [-0.05, 0) is 45.7 Å². The zero-order valence-corrected chi connectivity index (χ0v) is 11.0. The van der Waals surface area contributed by atoms with Gasteiger partial charge in [-0.1, -0.05) is 0 Å². The van der Waals surface area contributed by atoms with E-state index in [0.29, 0.717) is 17.4 Å². The Balaban J connectivity index is 2.27. The van der Waals surface area contributed by atoms with E-state index in [4.69, 9.17) is 15.2 Å². The SMILES string of the molecule is CC(C)(C)Oc1cc(OC2CC2)ccc1C(N)=O. The van der Waals surface area contributed by atoms with E-state index >= 15 is 0 Å². The van der Waals surface area contributed by atoms with Gasteiger partial charge in [-0.2, -0.15) is 0 Å². The van der Waals surface area contributed by atoms with Crippen molar-refractivity contribution in [3.63, 3.8) is 0 Å². The summed E-state index contributed by atoms with van der Waals surface area (Å²) in [5.74, 6) is 0.710. The van der Waals surface area contributed by atoms with Crippen LogP contribution in [0.3, 0.4) is 0 Å². The van der Waals surface area contributed by atoms with Crippen LogP contribution in [0.4, 0.5) is 0 Å². The van der Waals surface area contributed by atoms with E-state index in [1.54, 1.807) is 18.2 Å². The molecule has 1 aromatic carbocycles.